The molecule has 1 aromatic carbocycles. The molecule has 132 valence electrons. The Morgan fingerprint density at radius 1 is 1.08 bits per heavy atom. The van der Waals surface area contributed by atoms with Crippen LogP contribution < -0.4 is 10.6 Å². The Kier molecular flexibility index (Phi) is 5.35. The van der Waals surface area contributed by atoms with Crippen molar-refractivity contribution in [1.29, 1.82) is 0 Å². The molecule has 0 atom stereocenters. The van der Waals surface area contributed by atoms with E-state index in [4.69, 9.17) is 0 Å². The van der Waals surface area contributed by atoms with Crippen molar-refractivity contribution in [1.82, 2.24) is 15.3 Å². The molecule has 2 rings (SSSR count). The number of guanidine groups is 1. The predicted octanol–water partition coefficient (Wildman–Crippen LogP) is 3.18. The molecule has 6 nitrogen and oxygen atoms in total. The molecule has 9 heteroatoms. The van der Waals surface area contributed by atoms with Gasteiger partial charge in [0.1, 0.15) is 0 Å². The van der Waals surface area contributed by atoms with Crippen LogP contribution in [0.3, 0.4) is 0 Å². The summed E-state index contributed by atoms with van der Waals surface area (Å²) in [6.07, 6.45) is -5.04. The van der Waals surface area contributed by atoms with Gasteiger partial charge in [0.15, 0.2) is 0 Å². The number of benzene rings is 1. The lowest BCUT2D eigenvalue weighted by molar-refractivity contribution is -0.171. The first-order valence-electron chi connectivity index (χ1n) is 7.26. The lowest BCUT2D eigenvalue weighted by Crippen LogP contribution is -2.43. The van der Waals surface area contributed by atoms with Crippen molar-refractivity contribution in [3.8, 4) is 0 Å². The second kappa shape index (κ2) is 7.29. The van der Waals surface area contributed by atoms with Crippen LogP contribution in [0.1, 0.15) is 17.0 Å². The van der Waals surface area contributed by atoms with Crippen LogP contribution in [-0.2, 0) is 4.79 Å². The van der Waals surface area contributed by atoms with Crippen molar-refractivity contribution in [3.63, 3.8) is 0 Å². The molecule has 1 aromatic heterocycles. The van der Waals surface area contributed by atoms with Crippen molar-refractivity contribution in [2.24, 2.45) is 4.99 Å². The summed E-state index contributed by atoms with van der Waals surface area (Å²) in [6.45, 7) is 5.23. The molecule has 0 saturated heterocycles. The zero-order valence-electron chi connectivity index (χ0n) is 13.8. The van der Waals surface area contributed by atoms with E-state index in [0.29, 0.717) is 17.1 Å². The number of rotatable bonds is 2. The normalized spacial score (nSPS) is 12.0. The smallest absolute Gasteiger partial charge is 0.326 e. The van der Waals surface area contributed by atoms with Crippen LogP contribution in [0.4, 0.5) is 24.8 Å². The summed E-state index contributed by atoms with van der Waals surface area (Å²) in [4.78, 5) is 23.2. The molecular formula is C16H16F3N5O. The lowest BCUT2D eigenvalue weighted by atomic mass is 10.2. The van der Waals surface area contributed by atoms with Gasteiger partial charge in [0.25, 0.3) is 5.95 Å². The largest absolute Gasteiger partial charge is 0.471 e. The average molecular weight is 351 g/mol. The number of halogens is 3. The topological polar surface area (TPSA) is 79.3 Å². The third-order valence-corrected chi connectivity index (χ3v) is 2.95. The highest BCUT2D eigenvalue weighted by Gasteiger charge is 2.39. The highest BCUT2D eigenvalue weighted by molar-refractivity contribution is 6.06. The first-order chi connectivity index (χ1) is 11.6. The summed E-state index contributed by atoms with van der Waals surface area (Å²) in [7, 11) is 0. The number of alkyl halides is 3. The van der Waals surface area contributed by atoms with Crippen LogP contribution >= 0.6 is 0 Å². The van der Waals surface area contributed by atoms with Crippen LogP contribution in [-0.4, -0.2) is 28.0 Å². The number of aryl methyl sites for hydroxylation is 3. The van der Waals surface area contributed by atoms with Gasteiger partial charge in [0.2, 0.25) is 5.96 Å². The van der Waals surface area contributed by atoms with Crippen molar-refractivity contribution in [2.75, 3.05) is 5.32 Å². The Balaban J connectivity index is 2.37. The molecule has 0 radical (unpaired) electrons. The summed E-state index contributed by atoms with van der Waals surface area (Å²) in [6, 6.07) is 8.56. The Hall–Kier alpha value is -2.97. The molecule has 2 aromatic rings. The van der Waals surface area contributed by atoms with E-state index in [1.165, 1.54) is 0 Å². The summed E-state index contributed by atoms with van der Waals surface area (Å²) >= 11 is 0. The molecule has 0 bridgehead atoms. The van der Waals surface area contributed by atoms with E-state index in [2.05, 4.69) is 20.3 Å². The summed E-state index contributed by atoms with van der Waals surface area (Å²) in [5.74, 6) is -2.62. The van der Waals surface area contributed by atoms with Gasteiger partial charge in [-0.2, -0.15) is 18.2 Å². The molecule has 0 aliphatic carbocycles. The molecule has 1 heterocycles. The number of anilines is 1. The van der Waals surface area contributed by atoms with E-state index in [9.17, 15) is 18.0 Å². The first kappa shape index (κ1) is 18.4. The second-order valence-corrected chi connectivity index (χ2v) is 5.36. The van der Waals surface area contributed by atoms with Crippen LogP contribution in [0.2, 0.25) is 0 Å². The van der Waals surface area contributed by atoms with E-state index in [1.54, 1.807) is 43.4 Å². The summed E-state index contributed by atoms with van der Waals surface area (Å²) in [5.41, 5.74) is 2.55. The van der Waals surface area contributed by atoms with Crippen molar-refractivity contribution >= 4 is 23.5 Å². The number of nitrogens with one attached hydrogen (secondary N) is 2. The molecule has 2 N–H and O–H groups in total. The van der Waals surface area contributed by atoms with Gasteiger partial charge in [-0.1, -0.05) is 12.1 Å². The van der Waals surface area contributed by atoms with Gasteiger partial charge >= 0.3 is 12.1 Å². The number of hydrogen-bond acceptors (Lipinski definition) is 4. The molecule has 25 heavy (non-hydrogen) atoms. The fourth-order valence-electron chi connectivity index (χ4n) is 1.98. The van der Waals surface area contributed by atoms with Gasteiger partial charge in [-0.15, -0.1) is 0 Å². The minimum absolute atomic E-state index is 0.0601. The number of carbonyl (C=O) groups excluding carboxylic acids is 1. The summed E-state index contributed by atoms with van der Waals surface area (Å²) < 4.78 is 37.7. The minimum atomic E-state index is -5.04. The predicted molar refractivity (Wildman–Crippen MR) is 87.6 cm³/mol. The molecule has 1 amide bonds. The van der Waals surface area contributed by atoms with Crippen molar-refractivity contribution in [3.05, 3.63) is 47.3 Å². The van der Waals surface area contributed by atoms with Gasteiger partial charge in [0.05, 0.1) is 0 Å². The van der Waals surface area contributed by atoms with Crippen LogP contribution in [0.15, 0.2) is 35.3 Å². The number of nitrogens with zero attached hydrogens (tertiary/aromatic N) is 3. The van der Waals surface area contributed by atoms with Gasteiger partial charge in [-0.05, 0) is 44.5 Å². The maximum atomic E-state index is 12.6. The third kappa shape index (κ3) is 5.55. The Bertz CT molecular complexity index is 797. The van der Waals surface area contributed by atoms with E-state index in [0.717, 1.165) is 5.56 Å². The Morgan fingerprint density at radius 3 is 2.28 bits per heavy atom. The number of amides is 1. The van der Waals surface area contributed by atoms with Crippen molar-refractivity contribution in [2.45, 2.75) is 26.9 Å². The van der Waals surface area contributed by atoms with E-state index in [-0.39, 0.29) is 5.95 Å². The fourth-order valence-corrected chi connectivity index (χ4v) is 1.98. The van der Waals surface area contributed by atoms with Gasteiger partial charge in [-0.25, -0.2) is 9.97 Å². The third-order valence-electron chi connectivity index (χ3n) is 2.95. The number of carbonyl (C=O) groups is 1. The van der Waals surface area contributed by atoms with Crippen molar-refractivity contribution < 1.29 is 18.0 Å². The maximum Gasteiger partial charge on any atom is 0.471 e. The summed E-state index contributed by atoms with van der Waals surface area (Å²) in [5, 5.41) is 4.36. The fraction of sp³-hybridized carbons (Fsp3) is 0.250. The maximum absolute atomic E-state index is 12.6. The standard InChI is InChI=1S/C16H16F3N5O/c1-9-5-4-6-12(7-9)22-15(23-13(25)16(17,18)19)24-14-20-10(2)8-11(3)21-14/h4-8H,1-3H3,(H2,20,21,22,23,24,25). The van der Waals surface area contributed by atoms with Crippen LogP contribution in [0, 0.1) is 20.8 Å². The second-order valence-electron chi connectivity index (χ2n) is 5.36. The van der Waals surface area contributed by atoms with E-state index < -0.39 is 18.0 Å². The minimum Gasteiger partial charge on any atom is -0.326 e. The molecule has 0 aliphatic heterocycles. The lowest BCUT2D eigenvalue weighted by Gasteiger charge is -2.13. The SMILES string of the molecule is Cc1cccc(N/C(=N/c2nc(C)cc(C)n2)NC(=O)C(F)(F)F)c1. The zero-order chi connectivity index (χ0) is 18.6. The van der Waals surface area contributed by atoms with Crippen LogP contribution in [0.5, 0.6) is 0 Å². The van der Waals surface area contributed by atoms with Crippen LogP contribution in [0.25, 0.3) is 0 Å². The highest BCUT2D eigenvalue weighted by atomic mass is 19.4. The highest BCUT2D eigenvalue weighted by Crippen LogP contribution is 2.16. The molecular weight excluding hydrogens is 335 g/mol. The van der Waals surface area contributed by atoms with E-state index >= 15 is 0 Å². The Morgan fingerprint density at radius 2 is 1.72 bits per heavy atom. The molecule has 0 unspecified atom stereocenters. The van der Waals surface area contributed by atoms with Gasteiger partial charge in [-0.3, -0.25) is 10.1 Å². The number of hydrogen-bond donors (Lipinski definition) is 2. The molecule has 0 fully saturated rings. The molecule has 0 spiro atoms. The quantitative estimate of drug-likeness (QED) is 0.643. The zero-order valence-corrected chi connectivity index (χ0v) is 13.8. The molecule has 0 saturated carbocycles. The van der Waals surface area contributed by atoms with E-state index in [1.807, 2.05) is 13.0 Å². The number of aromatic nitrogens is 2. The average Bonchev–Trinajstić information content (AvgIpc) is 2.44. The monoisotopic (exact) mass is 351 g/mol. The molecule has 0 aliphatic rings. The first-order valence-corrected chi connectivity index (χ1v) is 7.26. The Labute approximate surface area is 142 Å². The van der Waals surface area contributed by atoms with Gasteiger partial charge < -0.3 is 5.32 Å². The van der Waals surface area contributed by atoms with Gasteiger partial charge in [0, 0.05) is 17.1 Å². The number of aliphatic imine (C=N–C) groups is 1.